The molecule has 1 amide bonds. The molecule has 0 spiro atoms. The van der Waals surface area contributed by atoms with Crippen molar-refractivity contribution in [1.82, 2.24) is 14.7 Å². The molecule has 1 aliphatic heterocycles. The van der Waals surface area contributed by atoms with Crippen LogP contribution in [0.15, 0.2) is 0 Å². The van der Waals surface area contributed by atoms with E-state index in [1.165, 1.54) is 19.1 Å². The van der Waals surface area contributed by atoms with Gasteiger partial charge in [-0.2, -0.15) is 13.2 Å². The maximum atomic E-state index is 13.4. The second-order valence-corrected chi connectivity index (χ2v) is 7.13. The van der Waals surface area contributed by atoms with E-state index < -0.39 is 23.6 Å². The lowest BCUT2D eigenvalue weighted by Crippen LogP contribution is -2.41. The van der Waals surface area contributed by atoms with Crippen molar-refractivity contribution in [2.24, 2.45) is 7.05 Å². The average Bonchev–Trinajstić information content (AvgIpc) is 2.82. The number of carbonyl (C=O) groups excluding carboxylic acids is 1. The van der Waals surface area contributed by atoms with Crippen molar-refractivity contribution in [2.45, 2.75) is 51.3 Å². The summed E-state index contributed by atoms with van der Waals surface area (Å²) in [5.41, 5.74) is -1.33. The predicted molar refractivity (Wildman–Crippen MR) is 84.5 cm³/mol. The molecular formula is C16H24F3N3O3. The van der Waals surface area contributed by atoms with E-state index >= 15 is 0 Å². The Morgan fingerprint density at radius 1 is 1.20 bits per heavy atom. The van der Waals surface area contributed by atoms with Crippen LogP contribution in [0, 0.1) is 0 Å². The highest BCUT2D eigenvalue weighted by Crippen LogP contribution is 2.43. The predicted octanol–water partition coefficient (Wildman–Crippen LogP) is 3.56. The van der Waals surface area contributed by atoms with Gasteiger partial charge in [-0.05, 0) is 39.5 Å². The zero-order valence-electron chi connectivity index (χ0n) is 15.1. The van der Waals surface area contributed by atoms with Gasteiger partial charge in [-0.15, -0.1) is 5.10 Å². The van der Waals surface area contributed by atoms with Crippen molar-refractivity contribution < 1.29 is 27.4 Å². The van der Waals surface area contributed by atoms with E-state index in [1.807, 2.05) is 0 Å². The van der Waals surface area contributed by atoms with Crippen LogP contribution in [0.4, 0.5) is 18.0 Å². The summed E-state index contributed by atoms with van der Waals surface area (Å²) < 4.78 is 51.4. The van der Waals surface area contributed by atoms with Gasteiger partial charge in [-0.1, -0.05) is 0 Å². The molecule has 6 nitrogen and oxygen atoms in total. The lowest BCUT2D eigenvalue weighted by Gasteiger charge is -2.33. The molecule has 0 aliphatic carbocycles. The number of hydrogen-bond donors (Lipinski definition) is 0. The molecule has 0 bridgehead atoms. The number of hydrogen-bond acceptors (Lipinski definition) is 4. The first-order chi connectivity index (χ1) is 11.4. The molecule has 1 aromatic heterocycles. The second-order valence-electron chi connectivity index (χ2n) is 7.13. The van der Waals surface area contributed by atoms with E-state index in [9.17, 15) is 18.0 Å². The molecule has 2 heterocycles. The zero-order chi connectivity index (χ0) is 19.0. The third-order valence-electron chi connectivity index (χ3n) is 4.07. The number of carbonyl (C=O) groups is 1. The van der Waals surface area contributed by atoms with Crippen molar-refractivity contribution in [1.29, 1.82) is 0 Å². The maximum Gasteiger partial charge on any atom is 0.433 e. The van der Waals surface area contributed by atoms with Gasteiger partial charge in [0.1, 0.15) is 11.3 Å². The number of halogens is 3. The van der Waals surface area contributed by atoms with E-state index in [2.05, 4.69) is 5.10 Å². The van der Waals surface area contributed by atoms with Gasteiger partial charge < -0.3 is 14.4 Å². The molecule has 0 aromatic carbocycles. The summed E-state index contributed by atoms with van der Waals surface area (Å²) in [5.74, 6) is -0.385. The van der Waals surface area contributed by atoms with E-state index in [0.29, 0.717) is 25.9 Å². The van der Waals surface area contributed by atoms with Gasteiger partial charge >= 0.3 is 12.3 Å². The van der Waals surface area contributed by atoms with E-state index in [-0.39, 0.29) is 17.4 Å². The van der Waals surface area contributed by atoms with E-state index in [4.69, 9.17) is 9.47 Å². The molecule has 1 aromatic rings. The molecule has 1 saturated heterocycles. The lowest BCUT2D eigenvalue weighted by molar-refractivity contribution is -0.144. The Labute approximate surface area is 144 Å². The van der Waals surface area contributed by atoms with Gasteiger partial charge in [0, 0.05) is 25.7 Å². The minimum absolute atomic E-state index is 0.00876. The maximum absolute atomic E-state index is 13.4. The highest BCUT2D eigenvalue weighted by molar-refractivity contribution is 5.68. The van der Waals surface area contributed by atoms with Crippen LogP contribution in [-0.2, 0) is 18.0 Å². The van der Waals surface area contributed by atoms with Crippen LogP contribution in [-0.4, -0.2) is 46.6 Å². The van der Waals surface area contributed by atoms with Crippen LogP contribution in [0.2, 0.25) is 0 Å². The SMILES string of the molecule is COc1nn(C)c(C(F)(F)F)c1C1CCN(C(=O)OC(C)(C)C)CC1. The molecule has 2 rings (SSSR count). The Morgan fingerprint density at radius 2 is 1.76 bits per heavy atom. The first-order valence-electron chi connectivity index (χ1n) is 8.10. The fraction of sp³-hybridized carbons (Fsp3) is 0.750. The first-order valence-corrected chi connectivity index (χ1v) is 8.10. The van der Waals surface area contributed by atoms with Crippen molar-refractivity contribution in [3.05, 3.63) is 11.3 Å². The summed E-state index contributed by atoms with van der Waals surface area (Å²) in [6.07, 6.45) is -4.18. The number of likely N-dealkylation sites (tertiary alicyclic amines) is 1. The van der Waals surface area contributed by atoms with Crippen LogP contribution < -0.4 is 4.74 Å². The number of methoxy groups -OCH3 is 1. The molecule has 0 radical (unpaired) electrons. The zero-order valence-corrected chi connectivity index (χ0v) is 15.1. The summed E-state index contributed by atoms with van der Waals surface area (Å²) in [5, 5.41) is 3.84. The molecule has 9 heteroatoms. The fourth-order valence-corrected chi connectivity index (χ4v) is 3.05. The van der Waals surface area contributed by atoms with Crippen LogP contribution in [0.5, 0.6) is 5.88 Å². The van der Waals surface area contributed by atoms with Crippen molar-refractivity contribution >= 4 is 6.09 Å². The minimum Gasteiger partial charge on any atom is -0.480 e. The number of aryl methyl sites for hydroxylation is 1. The quantitative estimate of drug-likeness (QED) is 0.806. The fourth-order valence-electron chi connectivity index (χ4n) is 3.05. The molecule has 142 valence electrons. The van der Waals surface area contributed by atoms with Crippen molar-refractivity contribution in [3.63, 3.8) is 0 Å². The molecular weight excluding hydrogens is 339 g/mol. The Hall–Kier alpha value is -1.93. The first kappa shape index (κ1) is 19.4. The largest absolute Gasteiger partial charge is 0.480 e. The van der Waals surface area contributed by atoms with E-state index in [0.717, 1.165) is 4.68 Å². The smallest absolute Gasteiger partial charge is 0.433 e. The van der Waals surface area contributed by atoms with Gasteiger partial charge in [-0.25, -0.2) is 4.79 Å². The van der Waals surface area contributed by atoms with Gasteiger partial charge in [0.15, 0.2) is 0 Å². The van der Waals surface area contributed by atoms with Crippen molar-refractivity contribution in [3.8, 4) is 5.88 Å². The van der Waals surface area contributed by atoms with E-state index in [1.54, 1.807) is 20.8 Å². The summed E-state index contributed by atoms with van der Waals surface area (Å²) in [4.78, 5) is 13.6. The molecule has 25 heavy (non-hydrogen) atoms. The summed E-state index contributed by atoms with van der Waals surface area (Å²) in [6.45, 7) is 5.97. The highest BCUT2D eigenvalue weighted by Gasteiger charge is 2.42. The Kier molecular flexibility index (Phi) is 5.24. The normalized spacial score (nSPS) is 16.9. The molecule has 0 saturated carbocycles. The van der Waals surface area contributed by atoms with Gasteiger partial charge in [-0.3, -0.25) is 4.68 Å². The number of alkyl halides is 3. The topological polar surface area (TPSA) is 56.6 Å². The summed E-state index contributed by atoms with van der Waals surface area (Å²) in [6, 6.07) is 0. The minimum atomic E-state index is -4.52. The number of rotatable bonds is 2. The Balaban J connectivity index is 2.17. The number of aromatic nitrogens is 2. The summed E-state index contributed by atoms with van der Waals surface area (Å²) >= 11 is 0. The lowest BCUT2D eigenvalue weighted by atomic mass is 9.89. The second kappa shape index (κ2) is 6.76. The molecule has 1 fully saturated rings. The van der Waals surface area contributed by atoms with Crippen LogP contribution in [0.3, 0.4) is 0 Å². The average molecular weight is 363 g/mol. The third-order valence-corrected chi connectivity index (χ3v) is 4.07. The highest BCUT2D eigenvalue weighted by atomic mass is 19.4. The van der Waals surface area contributed by atoms with Gasteiger partial charge in [0.05, 0.1) is 7.11 Å². The van der Waals surface area contributed by atoms with Gasteiger partial charge in [0.2, 0.25) is 5.88 Å². The number of ether oxygens (including phenoxy) is 2. The Bertz CT molecular complexity index is 627. The monoisotopic (exact) mass is 363 g/mol. The molecule has 0 N–H and O–H groups in total. The van der Waals surface area contributed by atoms with Crippen LogP contribution in [0.25, 0.3) is 0 Å². The molecule has 0 unspecified atom stereocenters. The summed E-state index contributed by atoms with van der Waals surface area (Å²) in [7, 11) is 2.56. The number of amides is 1. The molecule has 0 atom stereocenters. The number of piperidine rings is 1. The third kappa shape index (κ3) is 4.38. The van der Waals surface area contributed by atoms with Crippen LogP contribution >= 0.6 is 0 Å². The molecule has 1 aliphatic rings. The standard InChI is InChI=1S/C16H24F3N3O3/c1-15(2,3)25-14(23)22-8-6-10(7-9-22)11-12(16(17,18)19)21(4)20-13(11)24-5/h10H,6-9H2,1-5H3. The Morgan fingerprint density at radius 3 is 2.20 bits per heavy atom. The van der Waals surface area contributed by atoms with Gasteiger partial charge in [0.25, 0.3) is 0 Å². The van der Waals surface area contributed by atoms with Crippen LogP contribution in [0.1, 0.15) is 50.8 Å². The van der Waals surface area contributed by atoms with Crippen molar-refractivity contribution in [2.75, 3.05) is 20.2 Å². The number of nitrogens with zero attached hydrogens (tertiary/aromatic N) is 3.